The lowest BCUT2D eigenvalue weighted by atomic mass is 10.1. The molecule has 1 aliphatic rings. The second-order valence-corrected chi connectivity index (χ2v) is 7.73. The smallest absolute Gasteiger partial charge is 0.341 e. The molecule has 1 fully saturated rings. The number of ether oxygens (including phenoxy) is 1. The standard InChI is InChI=1S/C20H22N2O4S/c1-4-26-20(25)16-11(2)12(3)27-19(16)22-18(24)14-7-9-15(10-8-14)21-17(23)13-5-6-13/h7-10,13H,4-6H2,1-3H3,(H,21,23)(H,22,24). The number of hydrogen-bond donors (Lipinski definition) is 2. The number of esters is 1. The number of hydrogen-bond acceptors (Lipinski definition) is 5. The number of aryl methyl sites for hydroxylation is 1. The quantitative estimate of drug-likeness (QED) is 0.731. The van der Waals surface area contributed by atoms with Crippen molar-refractivity contribution in [1.29, 1.82) is 0 Å². The van der Waals surface area contributed by atoms with E-state index in [-0.39, 0.29) is 24.3 Å². The number of nitrogens with one attached hydrogen (secondary N) is 2. The van der Waals surface area contributed by atoms with Crippen molar-refractivity contribution in [3.63, 3.8) is 0 Å². The van der Waals surface area contributed by atoms with Crippen LogP contribution in [-0.4, -0.2) is 24.4 Å². The second kappa shape index (κ2) is 7.92. The van der Waals surface area contributed by atoms with Crippen molar-refractivity contribution in [1.82, 2.24) is 0 Å². The highest BCUT2D eigenvalue weighted by molar-refractivity contribution is 7.16. The van der Waals surface area contributed by atoms with E-state index in [1.807, 2.05) is 13.8 Å². The Bertz CT molecular complexity index is 882. The molecule has 27 heavy (non-hydrogen) atoms. The summed E-state index contributed by atoms with van der Waals surface area (Å²) in [5.74, 6) is -0.606. The molecular formula is C20H22N2O4S. The van der Waals surface area contributed by atoms with Gasteiger partial charge in [-0.2, -0.15) is 0 Å². The highest BCUT2D eigenvalue weighted by Crippen LogP contribution is 2.33. The number of rotatable bonds is 6. The van der Waals surface area contributed by atoms with Crippen LogP contribution in [0.25, 0.3) is 0 Å². The van der Waals surface area contributed by atoms with E-state index in [4.69, 9.17) is 4.74 Å². The Kier molecular flexibility index (Phi) is 5.60. The van der Waals surface area contributed by atoms with Crippen molar-refractivity contribution in [2.45, 2.75) is 33.6 Å². The predicted octanol–water partition coefficient (Wildman–Crippen LogP) is 4.14. The van der Waals surface area contributed by atoms with E-state index in [0.717, 1.165) is 23.3 Å². The van der Waals surface area contributed by atoms with Crippen LogP contribution in [0.1, 0.15) is 50.9 Å². The zero-order valence-corrected chi connectivity index (χ0v) is 16.4. The lowest BCUT2D eigenvalue weighted by molar-refractivity contribution is -0.117. The number of anilines is 2. The molecule has 0 saturated heterocycles. The van der Waals surface area contributed by atoms with Crippen LogP contribution in [0, 0.1) is 19.8 Å². The predicted molar refractivity (Wildman–Crippen MR) is 105 cm³/mol. The fourth-order valence-corrected chi connectivity index (χ4v) is 3.68. The Morgan fingerprint density at radius 2 is 1.78 bits per heavy atom. The Labute approximate surface area is 161 Å². The molecule has 6 nitrogen and oxygen atoms in total. The van der Waals surface area contributed by atoms with E-state index in [2.05, 4.69) is 10.6 Å². The number of carbonyl (C=O) groups is 3. The first-order valence-corrected chi connectivity index (χ1v) is 9.71. The highest BCUT2D eigenvalue weighted by atomic mass is 32.1. The summed E-state index contributed by atoms with van der Waals surface area (Å²) >= 11 is 1.35. The number of benzene rings is 1. The zero-order valence-electron chi connectivity index (χ0n) is 15.5. The second-order valence-electron chi connectivity index (χ2n) is 6.50. The molecule has 2 N–H and O–H groups in total. The summed E-state index contributed by atoms with van der Waals surface area (Å²) in [6.07, 6.45) is 1.88. The van der Waals surface area contributed by atoms with Crippen molar-refractivity contribution in [2.75, 3.05) is 17.2 Å². The van der Waals surface area contributed by atoms with Crippen LogP contribution in [0.5, 0.6) is 0 Å². The van der Waals surface area contributed by atoms with Crippen LogP contribution in [0.4, 0.5) is 10.7 Å². The summed E-state index contributed by atoms with van der Waals surface area (Å²) in [5.41, 5.74) is 2.32. The maximum absolute atomic E-state index is 12.6. The molecule has 0 bridgehead atoms. The van der Waals surface area contributed by atoms with E-state index in [9.17, 15) is 14.4 Å². The summed E-state index contributed by atoms with van der Waals surface area (Å²) in [6.45, 7) is 5.75. The topological polar surface area (TPSA) is 84.5 Å². The monoisotopic (exact) mass is 386 g/mol. The van der Waals surface area contributed by atoms with Gasteiger partial charge in [-0.3, -0.25) is 9.59 Å². The molecule has 0 aliphatic heterocycles. The first-order chi connectivity index (χ1) is 12.9. The molecule has 0 spiro atoms. The maximum atomic E-state index is 12.6. The molecule has 1 saturated carbocycles. The molecule has 142 valence electrons. The van der Waals surface area contributed by atoms with Crippen LogP contribution in [0.15, 0.2) is 24.3 Å². The average Bonchev–Trinajstić information content (AvgIpc) is 3.43. The minimum Gasteiger partial charge on any atom is -0.462 e. The largest absolute Gasteiger partial charge is 0.462 e. The molecule has 1 aromatic heterocycles. The van der Waals surface area contributed by atoms with Gasteiger partial charge in [-0.25, -0.2) is 4.79 Å². The third-order valence-electron chi connectivity index (χ3n) is 4.45. The van der Waals surface area contributed by atoms with Crippen molar-refractivity contribution >= 4 is 39.8 Å². The van der Waals surface area contributed by atoms with Gasteiger partial charge in [0, 0.05) is 22.0 Å². The summed E-state index contributed by atoms with van der Waals surface area (Å²) in [4.78, 5) is 37.5. The zero-order chi connectivity index (χ0) is 19.6. The fourth-order valence-electron chi connectivity index (χ4n) is 2.63. The van der Waals surface area contributed by atoms with E-state index in [1.165, 1.54) is 11.3 Å². The van der Waals surface area contributed by atoms with Crippen molar-refractivity contribution < 1.29 is 19.1 Å². The van der Waals surface area contributed by atoms with Gasteiger partial charge in [0.1, 0.15) is 5.00 Å². The van der Waals surface area contributed by atoms with Gasteiger partial charge in [-0.1, -0.05) is 0 Å². The Hall–Kier alpha value is -2.67. The third-order valence-corrected chi connectivity index (χ3v) is 5.58. The Balaban J connectivity index is 1.72. The summed E-state index contributed by atoms with van der Waals surface area (Å²) in [6, 6.07) is 6.70. The fraction of sp³-hybridized carbons (Fsp3) is 0.350. The minimum atomic E-state index is -0.437. The van der Waals surface area contributed by atoms with Crippen LogP contribution in [0.2, 0.25) is 0 Å². The molecule has 2 aromatic rings. The van der Waals surface area contributed by atoms with E-state index in [1.54, 1.807) is 31.2 Å². The van der Waals surface area contributed by atoms with Gasteiger partial charge in [-0.05, 0) is 63.4 Å². The normalized spacial score (nSPS) is 13.1. The van der Waals surface area contributed by atoms with E-state index >= 15 is 0 Å². The number of thiophene rings is 1. The average molecular weight is 386 g/mol. The van der Waals surface area contributed by atoms with Gasteiger partial charge < -0.3 is 15.4 Å². The molecule has 1 heterocycles. The first kappa shape index (κ1) is 19.1. The SMILES string of the molecule is CCOC(=O)c1c(NC(=O)c2ccc(NC(=O)C3CC3)cc2)sc(C)c1C. The van der Waals surface area contributed by atoms with Gasteiger partial charge >= 0.3 is 5.97 Å². The van der Waals surface area contributed by atoms with Crippen LogP contribution >= 0.6 is 11.3 Å². The van der Waals surface area contributed by atoms with Crippen molar-refractivity contribution in [3.05, 3.63) is 45.8 Å². The molecule has 0 radical (unpaired) electrons. The van der Waals surface area contributed by atoms with Gasteiger partial charge in [-0.15, -0.1) is 11.3 Å². The van der Waals surface area contributed by atoms with Crippen molar-refractivity contribution in [3.8, 4) is 0 Å². The van der Waals surface area contributed by atoms with Crippen LogP contribution in [-0.2, 0) is 9.53 Å². The third kappa shape index (κ3) is 4.36. The molecule has 1 aromatic carbocycles. The minimum absolute atomic E-state index is 0.0239. The Morgan fingerprint density at radius 1 is 1.11 bits per heavy atom. The summed E-state index contributed by atoms with van der Waals surface area (Å²) < 4.78 is 5.10. The van der Waals surface area contributed by atoms with Gasteiger partial charge in [0.25, 0.3) is 5.91 Å². The lowest BCUT2D eigenvalue weighted by Crippen LogP contribution is -2.15. The highest BCUT2D eigenvalue weighted by Gasteiger charge is 2.29. The van der Waals surface area contributed by atoms with Crippen LogP contribution in [0.3, 0.4) is 0 Å². The van der Waals surface area contributed by atoms with E-state index < -0.39 is 5.97 Å². The molecule has 0 unspecified atom stereocenters. The molecular weight excluding hydrogens is 364 g/mol. The lowest BCUT2D eigenvalue weighted by Gasteiger charge is -2.08. The van der Waals surface area contributed by atoms with Crippen molar-refractivity contribution in [2.24, 2.45) is 5.92 Å². The Morgan fingerprint density at radius 3 is 2.37 bits per heavy atom. The molecule has 3 rings (SSSR count). The molecule has 0 atom stereocenters. The van der Waals surface area contributed by atoms with E-state index in [0.29, 0.717) is 21.8 Å². The molecule has 1 aliphatic carbocycles. The van der Waals surface area contributed by atoms with Crippen LogP contribution < -0.4 is 10.6 Å². The molecule has 2 amide bonds. The van der Waals surface area contributed by atoms with Gasteiger partial charge in [0.2, 0.25) is 5.91 Å². The summed E-state index contributed by atoms with van der Waals surface area (Å²) in [7, 11) is 0. The number of carbonyl (C=O) groups excluding carboxylic acids is 3. The maximum Gasteiger partial charge on any atom is 0.341 e. The first-order valence-electron chi connectivity index (χ1n) is 8.90. The van der Waals surface area contributed by atoms with Gasteiger partial charge in [0.15, 0.2) is 0 Å². The number of amides is 2. The molecule has 7 heteroatoms. The van der Waals surface area contributed by atoms with Gasteiger partial charge in [0.05, 0.1) is 12.2 Å². The summed E-state index contributed by atoms with van der Waals surface area (Å²) in [5, 5.41) is 6.13.